The fraction of sp³-hybridized carbons (Fsp3) is 1.00. The summed E-state index contributed by atoms with van der Waals surface area (Å²) in [7, 11) is 0. The summed E-state index contributed by atoms with van der Waals surface area (Å²) >= 11 is 0. The van der Waals surface area contributed by atoms with Crippen LogP contribution in [0.3, 0.4) is 0 Å². The molecule has 0 aromatic rings. The molecule has 1 heterocycles. The lowest BCUT2D eigenvalue weighted by atomic mass is 9.44. The summed E-state index contributed by atoms with van der Waals surface area (Å²) in [6.45, 7) is 15.0. The van der Waals surface area contributed by atoms with Crippen molar-refractivity contribution in [3.8, 4) is 0 Å². The molecule has 4 aliphatic carbocycles. The zero-order valence-corrected chi connectivity index (χ0v) is 21.5. The van der Waals surface area contributed by atoms with Crippen molar-refractivity contribution in [2.75, 3.05) is 6.54 Å². The van der Waals surface area contributed by atoms with Gasteiger partial charge >= 0.3 is 0 Å². The molecule has 0 bridgehead atoms. The van der Waals surface area contributed by atoms with Gasteiger partial charge in [0, 0.05) is 12.6 Å². The van der Waals surface area contributed by atoms with Crippen molar-refractivity contribution < 1.29 is 4.74 Å². The average molecular weight is 433 g/mol. The highest BCUT2D eigenvalue weighted by atomic mass is 16.5. The van der Waals surface area contributed by atoms with Gasteiger partial charge in [0.1, 0.15) is 6.23 Å². The smallest absolute Gasteiger partial charge is 0.108 e. The summed E-state index contributed by atoms with van der Waals surface area (Å²) in [5.41, 5.74) is 7.47. The van der Waals surface area contributed by atoms with Crippen LogP contribution < -0.4 is 11.1 Å². The quantitative estimate of drug-likeness (QED) is 0.543. The van der Waals surface area contributed by atoms with E-state index in [1.807, 2.05) is 13.8 Å². The van der Waals surface area contributed by atoms with Crippen LogP contribution in [0.15, 0.2) is 0 Å². The molecule has 0 amide bonds. The van der Waals surface area contributed by atoms with E-state index in [2.05, 4.69) is 33.0 Å². The maximum Gasteiger partial charge on any atom is 0.108 e. The third kappa shape index (κ3) is 4.03. The third-order valence-electron chi connectivity index (χ3n) is 11.1. The molecule has 5 rings (SSSR count). The van der Waals surface area contributed by atoms with Crippen LogP contribution >= 0.6 is 0 Å². The van der Waals surface area contributed by atoms with Crippen LogP contribution in [0.2, 0.25) is 0 Å². The summed E-state index contributed by atoms with van der Waals surface area (Å²) in [6.07, 6.45) is 14.4. The molecule has 10 unspecified atom stereocenters. The van der Waals surface area contributed by atoms with Crippen molar-refractivity contribution >= 4 is 0 Å². The number of ether oxygens (including phenoxy) is 1. The highest BCUT2D eigenvalue weighted by Gasteiger charge is 2.64. The van der Waals surface area contributed by atoms with E-state index in [0.717, 1.165) is 42.1 Å². The molecule has 5 fully saturated rings. The van der Waals surface area contributed by atoms with E-state index in [-0.39, 0.29) is 0 Å². The molecule has 0 aromatic carbocycles. The van der Waals surface area contributed by atoms with Gasteiger partial charge in [0.2, 0.25) is 0 Å². The lowest BCUT2D eigenvalue weighted by Crippen LogP contribution is -2.54. The summed E-state index contributed by atoms with van der Waals surface area (Å²) in [6, 6.07) is 0.470. The fourth-order valence-corrected chi connectivity index (χ4v) is 9.06. The van der Waals surface area contributed by atoms with Crippen molar-refractivity contribution in [1.29, 1.82) is 0 Å². The SMILES string of the molecule is CC.CC[C@H](C)CNC1CC2C(CC3C4CCC5CC(N)CCC5(C)C4CCC23C)O1. The molecule has 180 valence electrons. The standard InChI is InChI=1S/C26H46N2O.C2H6/c1-5-16(2)15-28-24-14-22-23(29-24)13-21-19-7-6-17-12-18(27)8-10-25(17,3)20(19)9-11-26(21,22)4;1-2/h16-24,28H,5-15,27H2,1-4H3;1-2H3/t16-,17?,18?,19?,20?,21?,22?,23?,24?,25?,26?;/m0./s1. The van der Waals surface area contributed by atoms with Crippen molar-refractivity contribution in [3.63, 3.8) is 0 Å². The Labute approximate surface area is 193 Å². The van der Waals surface area contributed by atoms with Crippen molar-refractivity contribution in [2.24, 2.45) is 52.1 Å². The summed E-state index contributed by atoms with van der Waals surface area (Å²) in [4.78, 5) is 0. The van der Waals surface area contributed by atoms with Crippen LogP contribution in [0, 0.1) is 46.3 Å². The highest BCUT2D eigenvalue weighted by molar-refractivity contribution is 5.12. The second-order valence-electron chi connectivity index (χ2n) is 12.4. The summed E-state index contributed by atoms with van der Waals surface area (Å²) in [5, 5.41) is 3.74. The summed E-state index contributed by atoms with van der Waals surface area (Å²) < 4.78 is 6.64. The Morgan fingerprint density at radius 1 is 0.935 bits per heavy atom. The molecule has 3 nitrogen and oxygen atoms in total. The van der Waals surface area contributed by atoms with Gasteiger partial charge in [-0.3, -0.25) is 5.32 Å². The number of hydrogen-bond acceptors (Lipinski definition) is 3. The first kappa shape index (κ1) is 24.0. The first-order valence-electron chi connectivity index (χ1n) is 14.0. The van der Waals surface area contributed by atoms with E-state index in [1.165, 1.54) is 64.2 Å². The van der Waals surface area contributed by atoms with Gasteiger partial charge in [0.15, 0.2) is 0 Å². The Morgan fingerprint density at radius 3 is 2.42 bits per heavy atom. The maximum absolute atomic E-state index is 6.64. The average Bonchev–Trinajstić information content (AvgIpc) is 3.30. The maximum atomic E-state index is 6.64. The minimum absolute atomic E-state index is 0.308. The number of hydrogen-bond donors (Lipinski definition) is 2. The van der Waals surface area contributed by atoms with Crippen LogP contribution in [0.25, 0.3) is 0 Å². The molecule has 0 spiro atoms. The minimum atomic E-state index is 0.308. The van der Waals surface area contributed by atoms with Crippen molar-refractivity contribution in [1.82, 2.24) is 5.32 Å². The number of nitrogens with one attached hydrogen (secondary N) is 1. The monoisotopic (exact) mass is 432 g/mol. The molecule has 11 atom stereocenters. The van der Waals surface area contributed by atoms with Crippen LogP contribution in [0.1, 0.15) is 106 Å². The van der Waals surface area contributed by atoms with E-state index in [9.17, 15) is 0 Å². The zero-order valence-electron chi connectivity index (χ0n) is 21.5. The number of nitrogens with two attached hydrogens (primary N) is 1. The summed E-state index contributed by atoms with van der Waals surface area (Å²) in [5.74, 6) is 5.23. The van der Waals surface area contributed by atoms with Crippen molar-refractivity contribution in [2.45, 2.75) is 124 Å². The Morgan fingerprint density at radius 2 is 1.68 bits per heavy atom. The van der Waals surface area contributed by atoms with E-state index < -0.39 is 0 Å². The fourth-order valence-electron chi connectivity index (χ4n) is 9.06. The van der Waals surface area contributed by atoms with Crippen LogP contribution in [0.4, 0.5) is 0 Å². The van der Waals surface area contributed by atoms with Gasteiger partial charge in [-0.15, -0.1) is 0 Å². The second-order valence-corrected chi connectivity index (χ2v) is 12.4. The van der Waals surface area contributed by atoms with Gasteiger partial charge in [-0.25, -0.2) is 0 Å². The largest absolute Gasteiger partial charge is 0.360 e. The van der Waals surface area contributed by atoms with Gasteiger partial charge in [-0.1, -0.05) is 48.0 Å². The van der Waals surface area contributed by atoms with Crippen LogP contribution in [-0.4, -0.2) is 24.9 Å². The normalized spacial score (nSPS) is 51.6. The van der Waals surface area contributed by atoms with Gasteiger partial charge in [0.25, 0.3) is 0 Å². The lowest BCUT2D eigenvalue weighted by molar-refractivity contribution is -0.114. The van der Waals surface area contributed by atoms with Gasteiger partial charge in [0.05, 0.1) is 6.10 Å². The molecule has 4 saturated carbocycles. The first-order valence-corrected chi connectivity index (χ1v) is 14.0. The Bertz CT molecular complexity index is 610. The molecule has 3 N–H and O–H groups in total. The first-order chi connectivity index (χ1) is 14.8. The molecule has 0 aromatic heterocycles. The predicted molar refractivity (Wildman–Crippen MR) is 131 cm³/mol. The number of fused-ring (bicyclic) bond motifs is 7. The third-order valence-corrected chi connectivity index (χ3v) is 11.1. The van der Waals surface area contributed by atoms with E-state index in [0.29, 0.717) is 29.2 Å². The van der Waals surface area contributed by atoms with E-state index >= 15 is 0 Å². The molecule has 0 radical (unpaired) electrons. The predicted octanol–water partition coefficient (Wildman–Crippen LogP) is 6.36. The Hall–Kier alpha value is -0.120. The highest BCUT2D eigenvalue weighted by Crippen LogP contribution is 2.69. The van der Waals surface area contributed by atoms with E-state index in [4.69, 9.17) is 10.5 Å². The molecular formula is C28H52N2O. The topological polar surface area (TPSA) is 47.3 Å². The second kappa shape index (κ2) is 9.26. The Kier molecular flexibility index (Phi) is 7.17. The molecule has 5 aliphatic rings. The van der Waals surface area contributed by atoms with Gasteiger partial charge in [-0.05, 0) is 104 Å². The van der Waals surface area contributed by atoms with Crippen molar-refractivity contribution in [3.05, 3.63) is 0 Å². The molecule has 3 heteroatoms. The van der Waals surface area contributed by atoms with Gasteiger partial charge < -0.3 is 10.5 Å². The minimum Gasteiger partial charge on any atom is -0.360 e. The van der Waals surface area contributed by atoms with Crippen LogP contribution in [0.5, 0.6) is 0 Å². The van der Waals surface area contributed by atoms with E-state index in [1.54, 1.807) is 0 Å². The van der Waals surface area contributed by atoms with Gasteiger partial charge in [-0.2, -0.15) is 0 Å². The zero-order chi connectivity index (χ0) is 22.4. The molecule has 1 aliphatic heterocycles. The molecule has 1 saturated heterocycles. The van der Waals surface area contributed by atoms with Crippen LogP contribution in [-0.2, 0) is 4.74 Å². The molecular weight excluding hydrogens is 380 g/mol. The number of rotatable bonds is 4. The lowest BCUT2D eigenvalue weighted by Gasteiger charge is -2.61. The Balaban J connectivity index is 0.00000112. The molecule has 31 heavy (non-hydrogen) atoms.